The molecule has 96 valence electrons. The van der Waals surface area contributed by atoms with E-state index in [-0.39, 0.29) is 11.3 Å². The van der Waals surface area contributed by atoms with Gasteiger partial charge in [0.2, 0.25) is 0 Å². The highest BCUT2D eigenvalue weighted by Crippen LogP contribution is 2.28. The van der Waals surface area contributed by atoms with E-state index in [9.17, 15) is 10.1 Å². The number of nitrogens with one attached hydrogen (secondary N) is 1. The molecule has 6 nitrogen and oxygen atoms in total. The molecule has 0 aliphatic heterocycles. The molecule has 0 fully saturated rings. The zero-order chi connectivity index (χ0) is 13.8. The van der Waals surface area contributed by atoms with Gasteiger partial charge in [0, 0.05) is 4.88 Å². The molecular formula is C12H10N4O2S. The van der Waals surface area contributed by atoms with E-state index < -0.39 is 4.92 Å². The first kappa shape index (κ1) is 13.0. The summed E-state index contributed by atoms with van der Waals surface area (Å²) in [4.78, 5) is 15.6. The molecule has 1 aromatic carbocycles. The van der Waals surface area contributed by atoms with Gasteiger partial charge in [0.1, 0.15) is 17.3 Å². The van der Waals surface area contributed by atoms with Gasteiger partial charge in [0.25, 0.3) is 0 Å². The lowest BCUT2D eigenvalue weighted by molar-refractivity contribution is -0.384. The van der Waals surface area contributed by atoms with Gasteiger partial charge in [-0.3, -0.25) is 10.1 Å². The van der Waals surface area contributed by atoms with Crippen molar-refractivity contribution in [3.63, 3.8) is 0 Å². The van der Waals surface area contributed by atoms with Gasteiger partial charge >= 0.3 is 5.69 Å². The minimum absolute atomic E-state index is 0.0519. The summed E-state index contributed by atoms with van der Waals surface area (Å²) >= 11 is 1.48. The Hall–Kier alpha value is -2.46. The molecule has 0 radical (unpaired) electrons. The minimum Gasteiger partial charge on any atom is -0.374 e. The van der Waals surface area contributed by atoms with Crippen LogP contribution in [0.5, 0.6) is 0 Å². The SMILES string of the molecule is Cc1ncsc1CNc1cccc(C#N)c1[N+](=O)[O-]. The summed E-state index contributed by atoms with van der Waals surface area (Å²) in [6, 6.07) is 6.47. The van der Waals surface area contributed by atoms with E-state index in [2.05, 4.69) is 10.3 Å². The Balaban J connectivity index is 2.28. The van der Waals surface area contributed by atoms with Crippen LogP contribution in [-0.4, -0.2) is 9.91 Å². The lowest BCUT2D eigenvalue weighted by Gasteiger charge is -2.06. The molecule has 0 aliphatic carbocycles. The number of rotatable bonds is 4. The molecule has 2 aromatic rings. The van der Waals surface area contributed by atoms with Gasteiger partial charge in [0.15, 0.2) is 0 Å². The van der Waals surface area contributed by atoms with E-state index in [4.69, 9.17) is 5.26 Å². The molecule has 0 atom stereocenters. The number of hydrogen-bond donors (Lipinski definition) is 1. The predicted molar refractivity (Wildman–Crippen MR) is 72.0 cm³/mol. The van der Waals surface area contributed by atoms with Gasteiger partial charge in [-0.25, -0.2) is 4.98 Å². The molecule has 19 heavy (non-hydrogen) atoms. The van der Waals surface area contributed by atoms with E-state index in [1.165, 1.54) is 17.4 Å². The summed E-state index contributed by atoms with van der Waals surface area (Å²) in [6.45, 7) is 2.33. The van der Waals surface area contributed by atoms with Crippen LogP contribution in [0, 0.1) is 28.4 Å². The lowest BCUT2D eigenvalue weighted by atomic mass is 10.1. The molecule has 0 saturated heterocycles. The van der Waals surface area contributed by atoms with Crippen molar-refractivity contribution in [3.8, 4) is 6.07 Å². The van der Waals surface area contributed by atoms with Crippen LogP contribution in [0.25, 0.3) is 0 Å². The zero-order valence-electron chi connectivity index (χ0n) is 10.1. The van der Waals surface area contributed by atoms with Crippen molar-refractivity contribution in [2.24, 2.45) is 0 Å². The smallest absolute Gasteiger partial charge is 0.309 e. The van der Waals surface area contributed by atoms with Gasteiger partial charge in [0.05, 0.1) is 22.7 Å². The third-order valence-electron chi connectivity index (χ3n) is 2.62. The highest BCUT2D eigenvalue weighted by atomic mass is 32.1. The van der Waals surface area contributed by atoms with Gasteiger partial charge in [-0.1, -0.05) is 6.07 Å². The van der Waals surface area contributed by atoms with Crippen LogP contribution in [0.1, 0.15) is 16.1 Å². The van der Waals surface area contributed by atoms with Crippen LogP contribution in [0.4, 0.5) is 11.4 Å². The molecule has 0 saturated carbocycles. The fourth-order valence-electron chi connectivity index (χ4n) is 1.64. The third-order valence-corrected chi connectivity index (χ3v) is 3.56. The normalized spacial score (nSPS) is 9.89. The highest BCUT2D eigenvalue weighted by molar-refractivity contribution is 7.09. The average molecular weight is 274 g/mol. The van der Waals surface area contributed by atoms with Crippen molar-refractivity contribution in [1.29, 1.82) is 5.26 Å². The van der Waals surface area contributed by atoms with Crippen molar-refractivity contribution >= 4 is 22.7 Å². The molecule has 0 bridgehead atoms. The van der Waals surface area contributed by atoms with Crippen LogP contribution in [0.3, 0.4) is 0 Å². The highest BCUT2D eigenvalue weighted by Gasteiger charge is 2.19. The maximum absolute atomic E-state index is 11.0. The lowest BCUT2D eigenvalue weighted by Crippen LogP contribution is -2.03. The second kappa shape index (κ2) is 5.46. The number of para-hydroxylation sites is 1. The third kappa shape index (κ3) is 2.69. The van der Waals surface area contributed by atoms with Crippen molar-refractivity contribution in [2.75, 3.05) is 5.32 Å². The average Bonchev–Trinajstić information content (AvgIpc) is 2.81. The monoisotopic (exact) mass is 274 g/mol. The van der Waals surface area contributed by atoms with Crippen LogP contribution in [0.15, 0.2) is 23.7 Å². The molecule has 2 rings (SSSR count). The number of nitriles is 1. The number of aromatic nitrogens is 1. The first-order chi connectivity index (χ1) is 9.13. The quantitative estimate of drug-likeness (QED) is 0.683. The van der Waals surface area contributed by atoms with Crippen molar-refractivity contribution in [2.45, 2.75) is 13.5 Å². The summed E-state index contributed by atoms with van der Waals surface area (Å²) in [5.74, 6) is 0. The number of nitro benzene ring substituents is 1. The second-order valence-corrected chi connectivity index (χ2v) is 4.72. The number of aryl methyl sites for hydroxylation is 1. The Morgan fingerprint density at radius 1 is 1.58 bits per heavy atom. The van der Waals surface area contributed by atoms with Crippen molar-refractivity contribution < 1.29 is 4.92 Å². The van der Waals surface area contributed by atoms with Gasteiger partial charge in [-0.15, -0.1) is 11.3 Å². The van der Waals surface area contributed by atoms with E-state index >= 15 is 0 Å². The standard InChI is InChI=1S/C12H10N4O2S/c1-8-11(19-7-15-8)6-14-10-4-2-3-9(5-13)12(10)16(17)18/h2-4,7,14H,6H2,1H3. The van der Waals surface area contributed by atoms with Crippen molar-refractivity contribution in [3.05, 3.63) is 50.0 Å². The number of hydrogen-bond acceptors (Lipinski definition) is 6. The van der Waals surface area contributed by atoms with Crippen LogP contribution in [-0.2, 0) is 6.54 Å². The second-order valence-electron chi connectivity index (χ2n) is 3.79. The fraction of sp³-hybridized carbons (Fsp3) is 0.167. The minimum atomic E-state index is -0.541. The molecule has 1 aromatic heterocycles. The summed E-state index contributed by atoms with van der Waals surface area (Å²) in [7, 11) is 0. The maximum Gasteiger partial charge on any atom is 0.309 e. The maximum atomic E-state index is 11.0. The topological polar surface area (TPSA) is 91.8 Å². The largest absolute Gasteiger partial charge is 0.374 e. The fourth-order valence-corrected chi connectivity index (χ4v) is 2.36. The van der Waals surface area contributed by atoms with E-state index in [1.807, 2.05) is 13.0 Å². The Morgan fingerprint density at radius 2 is 2.37 bits per heavy atom. The first-order valence-corrected chi connectivity index (χ1v) is 6.31. The van der Waals surface area contributed by atoms with Crippen LogP contribution >= 0.6 is 11.3 Å². The van der Waals surface area contributed by atoms with Gasteiger partial charge in [-0.2, -0.15) is 5.26 Å². The number of nitro groups is 1. The van der Waals surface area contributed by atoms with Gasteiger partial charge < -0.3 is 5.32 Å². The Kier molecular flexibility index (Phi) is 3.73. The molecular weight excluding hydrogens is 264 g/mol. The predicted octanol–water partition coefficient (Wildman–Crippen LogP) is 2.84. The summed E-state index contributed by atoms with van der Waals surface area (Å²) in [5, 5.41) is 22.9. The van der Waals surface area contributed by atoms with Gasteiger partial charge in [-0.05, 0) is 19.1 Å². The Bertz CT molecular complexity index is 660. The molecule has 0 aliphatic rings. The molecule has 0 amide bonds. The summed E-state index contributed by atoms with van der Waals surface area (Å²) in [5.41, 5.74) is 2.84. The molecule has 0 unspecified atom stereocenters. The summed E-state index contributed by atoms with van der Waals surface area (Å²) < 4.78 is 0. The molecule has 7 heteroatoms. The number of nitrogens with zero attached hydrogens (tertiary/aromatic N) is 3. The van der Waals surface area contributed by atoms with E-state index in [0.29, 0.717) is 12.2 Å². The number of anilines is 1. The summed E-state index contributed by atoms with van der Waals surface area (Å²) in [6.07, 6.45) is 0. The molecule has 1 N–H and O–H groups in total. The number of benzene rings is 1. The Morgan fingerprint density at radius 3 is 2.95 bits per heavy atom. The number of thiazole rings is 1. The van der Waals surface area contributed by atoms with Crippen LogP contribution in [0.2, 0.25) is 0 Å². The molecule has 0 spiro atoms. The van der Waals surface area contributed by atoms with E-state index in [0.717, 1.165) is 10.6 Å². The first-order valence-electron chi connectivity index (χ1n) is 5.44. The Labute approximate surface area is 113 Å². The van der Waals surface area contributed by atoms with Crippen molar-refractivity contribution in [1.82, 2.24) is 4.98 Å². The van der Waals surface area contributed by atoms with E-state index in [1.54, 1.807) is 17.6 Å². The molecule has 1 heterocycles. The zero-order valence-corrected chi connectivity index (χ0v) is 10.9. The van der Waals surface area contributed by atoms with Crippen LogP contribution < -0.4 is 5.32 Å².